The molecule has 0 atom stereocenters. The molecule has 4 rings (SSSR count). The summed E-state index contributed by atoms with van der Waals surface area (Å²) in [4.78, 5) is 28.1. The molecular formula is C21H15NO5. The number of aryl methyl sites for hydroxylation is 1. The molecule has 0 unspecified atom stereocenters. The molecule has 1 aliphatic rings. The van der Waals surface area contributed by atoms with E-state index < -0.39 is 11.9 Å². The first-order valence-corrected chi connectivity index (χ1v) is 8.25. The normalized spacial score (nSPS) is 15.1. The van der Waals surface area contributed by atoms with Gasteiger partial charge in [-0.1, -0.05) is 30.3 Å². The Morgan fingerprint density at radius 3 is 2.67 bits per heavy atom. The first-order chi connectivity index (χ1) is 13.0. The zero-order valence-corrected chi connectivity index (χ0v) is 14.7. The Balaban J connectivity index is 1.68. The molecule has 0 saturated carbocycles. The van der Waals surface area contributed by atoms with Crippen LogP contribution in [0.4, 0.5) is 0 Å². The molecule has 0 aliphatic carbocycles. The Bertz CT molecular complexity index is 1140. The number of benzene rings is 2. The minimum Gasteiger partial charge on any atom is -0.465 e. The first-order valence-electron chi connectivity index (χ1n) is 8.25. The number of cyclic esters (lactones) is 1. The second-order valence-electron chi connectivity index (χ2n) is 6.01. The van der Waals surface area contributed by atoms with Crippen molar-refractivity contribution >= 4 is 34.7 Å². The molecule has 0 saturated heterocycles. The summed E-state index contributed by atoms with van der Waals surface area (Å²) < 4.78 is 15.5. The predicted molar refractivity (Wildman–Crippen MR) is 99.3 cm³/mol. The molecular weight excluding hydrogens is 346 g/mol. The highest BCUT2D eigenvalue weighted by Crippen LogP contribution is 2.24. The summed E-state index contributed by atoms with van der Waals surface area (Å²) in [5.41, 5.74) is 1.11. The highest BCUT2D eigenvalue weighted by Gasteiger charge is 2.25. The molecule has 0 bridgehead atoms. The van der Waals surface area contributed by atoms with Crippen LogP contribution in [0.2, 0.25) is 0 Å². The van der Waals surface area contributed by atoms with Gasteiger partial charge in [0, 0.05) is 11.6 Å². The number of aliphatic imine (C=N–C) groups is 1. The summed E-state index contributed by atoms with van der Waals surface area (Å²) in [6.07, 6.45) is 1.44. The molecule has 1 aliphatic heterocycles. The van der Waals surface area contributed by atoms with Crippen molar-refractivity contribution in [1.82, 2.24) is 0 Å². The van der Waals surface area contributed by atoms with Crippen LogP contribution in [0.1, 0.15) is 27.4 Å². The number of nitrogens with zero attached hydrogens (tertiary/aromatic N) is 1. The molecule has 0 spiro atoms. The average molecular weight is 361 g/mol. The molecule has 6 nitrogen and oxygen atoms in total. The van der Waals surface area contributed by atoms with E-state index in [0.29, 0.717) is 22.6 Å². The van der Waals surface area contributed by atoms with Crippen LogP contribution in [0.3, 0.4) is 0 Å². The van der Waals surface area contributed by atoms with E-state index in [9.17, 15) is 9.59 Å². The standard InChI is InChI=1S/C21H15NO5/c1-12-17(20(23)25-2)10-16(26-12)11-18-21(24)27-19(22-18)15-8-7-13-5-3-4-6-14(13)9-15/h3-11H,1-2H3/b18-11-. The maximum atomic E-state index is 12.2. The fourth-order valence-electron chi connectivity index (χ4n) is 2.88. The third kappa shape index (κ3) is 3.13. The van der Waals surface area contributed by atoms with Crippen molar-refractivity contribution in [2.45, 2.75) is 6.92 Å². The number of methoxy groups -OCH3 is 1. The van der Waals surface area contributed by atoms with Gasteiger partial charge in [-0.2, -0.15) is 0 Å². The number of esters is 2. The number of rotatable bonds is 3. The first kappa shape index (κ1) is 16.8. The second kappa shape index (κ2) is 6.57. The Morgan fingerprint density at radius 1 is 1.11 bits per heavy atom. The van der Waals surface area contributed by atoms with Gasteiger partial charge in [0.2, 0.25) is 5.90 Å². The quantitative estimate of drug-likeness (QED) is 0.523. The van der Waals surface area contributed by atoms with Gasteiger partial charge in [-0.3, -0.25) is 0 Å². The lowest BCUT2D eigenvalue weighted by Gasteiger charge is -2.02. The van der Waals surface area contributed by atoms with E-state index in [-0.39, 0.29) is 11.6 Å². The maximum Gasteiger partial charge on any atom is 0.363 e. The van der Waals surface area contributed by atoms with Crippen molar-refractivity contribution in [1.29, 1.82) is 0 Å². The van der Waals surface area contributed by atoms with Crippen LogP contribution in [0.25, 0.3) is 16.8 Å². The molecule has 2 heterocycles. The molecule has 6 heteroatoms. The van der Waals surface area contributed by atoms with Gasteiger partial charge in [-0.25, -0.2) is 14.6 Å². The van der Waals surface area contributed by atoms with Gasteiger partial charge in [-0.05, 0) is 35.9 Å². The predicted octanol–water partition coefficient (Wildman–Crippen LogP) is 3.87. The largest absolute Gasteiger partial charge is 0.465 e. The van der Waals surface area contributed by atoms with Crippen LogP contribution in [0.5, 0.6) is 0 Å². The van der Waals surface area contributed by atoms with Crippen LogP contribution < -0.4 is 0 Å². The van der Waals surface area contributed by atoms with E-state index in [4.69, 9.17) is 13.9 Å². The zero-order valence-electron chi connectivity index (χ0n) is 14.7. The number of carbonyl (C=O) groups is 2. The van der Waals surface area contributed by atoms with Gasteiger partial charge < -0.3 is 13.9 Å². The third-order valence-electron chi connectivity index (χ3n) is 4.24. The molecule has 3 aromatic rings. The van der Waals surface area contributed by atoms with Crippen LogP contribution in [-0.2, 0) is 14.3 Å². The summed E-state index contributed by atoms with van der Waals surface area (Å²) in [5, 5.41) is 2.11. The fourth-order valence-corrected chi connectivity index (χ4v) is 2.88. The number of fused-ring (bicyclic) bond motifs is 1. The smallest absolute Gasteiger partial charge is 0.363 e. The van der Waals surface area contributed by atoms with E-state index in [0.717, 1.165) is 10.8 Å². The highest BCUT2D eigenvalue weighted by atomic mass is 16.6. The van der Waals surface area contributed by atoms with Crippen molar-refractivity contribution in [3.8, 4) is 0 Å². The Kier molecular flexibility index (Phi) is 4.08. The number of carbonyl (C=O) groups excluding carboxylic acids is 2. The van der Waals surface area contributed by atoms with Crippen LogP contribution in [-0.4, -0.2) is 24.9 Å². The summed E-state index contributed by atoms with van der Waals surface area (Å²) >= 11 is 0. The van der Waals surface area contributed by atoms with E-state index in [2.05, 4.69) is 4.99 Å². The average Bonchev–Trinajstić information content (AvgIpc) is 3.23. The SMILES string of the molecule is COC(=O)c1cc(/C=C2\N=C(c3ccc4ccccc4c3)OC2=O)oc1C. The Morgan fingerprint density at radius 2 is 1.89 bits per heavy atom. The van der Waals surface area contributed by atoms with Crippen LogP contribution >= 0.6 is 0 Å². The summed E-state index contributed by atoms with van der Waals surface area (Å²) in [5.74, 6) is -0.127. The van der Waals surface area contributed by atoms with E-state index in [1.165, 1.54) is 19.3 Å². The topological polar surface area (TPSA) is 78.1 Å². The lowest BCUT2D eigenvalue weighted by atomic mass is 10.1. The maximum absolute atomic E-state index is 12.2. The summed E-state index contributed by atoms with van der Waals surface area (Å²) in [6, 6.07) is 15.1. The van der Waals surface area contributed by atoms with Crippen LogP contribution in [0, 0.1) is 6.92 Å². The molecule has 0 amide bonds. The molecule has 134 valence electrons. The van der Waals surface area contributed by atoms with Crippen LogP contribution in [0.15, 0.2) is 63.6 Å². The minimum atomic E-state index is -0.577. The minimum absolute atomic E-state index is 0.100. The molecule has 2 aromatic carbocycles. The molecule has 0 radical (unpaired) electrons. The summed E-state index contributed by atoms with van der Waals surface area (Å²) in [7, 11) is 1.29. The monoisotopic (exact) mass is 361 g/mol. The highest BCUT2D eigenvalue weighted by molar-refractivity contribution is 6.13. The van der Waals surface area contributed by atoms with Gasteiger partial charge in [0.05, 0.1) is 7.11 Å². The van der Waals surface area contributed by atoms with Gasteiger partial charge >= 0.3 is 11.9 Å². The van der Waals surface area contributed by atoms with E-state index in [1.54, 1.807) is 6.92 Å². The Labute approximate surface area is 154 Å². The molecule has 0 N–H and O–H groups in total. The molecule has 27 heavy (non-hydrogen) atoms. The lowest BCUT2D eigenvalue weighted by Crippen LogP contribution is -2.05. The fraction of sp³-hybridized carbons (Fsp3) is 0.0952. The zero-order chi connectivity index (χ0) is 19.0. The molecule has 0 fully saturated rings. The van der Waals surface area contributed by atoms with Gasteiger partial charge in [0.15, 0.2) is 5.70 Å². The second-order valence-corrected chi connectivity index (χ2v) is 6.01. The van der Waals surface area contributed by atoms with E-state index >= 15 is 0 Å². The van der Waals surface area contributed by atoms with Crippen molar-refractivity contribution in [2.24, 2.45) is 4.99 Å². The summed E-state index contributed by atoms with van der Waals surface area (Å²) in [6.45, 7) is 1.64. The number of ether oxygens (including phenoxy) is 2. The number of hydrogen-bond acceptors (Lipinski definition) is 6. The van der Waals surface area contributed by atoms with E-state index in [1.807, 2.05) is 42.5 Å². The number of hydrogen-bond donors (Lipinski definition) is 0. The van der Waals surface area contributed by atoms with Crippen molar-refractivity contribution in [3.63, 3.8) is 0 Å². The number of furan rings is 1. The third-order valence-corrected chi connectivity index (χ3v) is 4.24. The lowest BCUT2D eigenvalue weighted by molar-refractivity contribution is -0.129. The van der Waals surface area contributed by atoms with Gasteiger partial charge in [0.1, 0.15) is 17.1 Å². The Hall–Kier alpha value is -3.67. The van der Waals surface area contributed by atoms with Gasteiger partial charge in [-0.15, -0.1) is 0 Å². The van der Waals surface area contributed by atoms with Crippen molar-refractivity contribution < 1.29 is 23.5 Å². The van der Waals surface area contributed by atoms with Crippen molar-refractivity contribution in [2.75, 3.05) is 7.11 Å². The molecule has 1 aromatic heterocycles. The van der Waals surface area contributed by atoms with Crippen molar-refractivity contribution in [3.05, 3.63) is 76.9 Å². The van der Waals surface area contributed by atoms with Gasteiger partial charge in [0.25, 0.3) is 0 Å².